The molecular formula is C10H10ClFO. The topological polar surface area (TPSA) is 9.23 Å². The molecule has 0 saturated carbocycles. The molecule has 0 aliphatic carbocycles. The van der Waals surface area contributed by atoms with Gasteiger partial charge in [-0.1, -0.05) is 17.7 Å². The lowest BCUT2D eigenvalue weighted by atomic mass is 10.0. The summed E-state index contributed by atoms with van der Waals surface area (Å²) in [5.41, 5.74) is 0.584. The van der Waals surface area contributed by atoms with Gasteiger partial charge in [0.15, 0.2) is 11.6 Å². The van der Waals surface area contributed by atoms with Crippen molar-refractivity contribution >= 4 is 11.6 Å². The summed E-state index contributed by atoms with van der Waals surface area (Å²) in [5.74, 6) is -0.123. The highest BCUT2D eigenvalue weighted by molar-refractivity contribution is 6.30. The summed E-state index contributed by atoms with van der Waals surface area (Å²) in [4.78, 5) is 0. The molecule has 0 aromatic heterocycles. The number of rotatable bonds is 0. The predicted molar refractivity (Wildman–Crippen MR) is 49.8 cm³/mol. The Morgan fingerprint density at radius 2 is 2.15 bits per heavy atom. The Hall–Kier alpha value is -0.760. The van der Waals surface area contributed by atoms with E-state index in [0.717, 1.165) is 12.0 Å². The number of ether oxygens (including phenoxy) is 1. The fourth-order valence-corrected chi connectivity index (χ4v) is 1.74. The third kappa shape index (κ3) is 1.39. The Bertz CT molecular complexity index is 360. The van der Waals surface area contributed by atoms with Gasteiger partial charge in [0, 0.05) is 12.0 Å². The van der Waals surface area contributed by atoms with Crippen LogP contribution in [0, 0.1) is 5.82 Å². The Morgan fingerprint density at radius 1 is 1.46 bits per heavy atom. The van der Waals surface area contributed by atoms with E-state index in [4.69, 9.17) is 16.3 Å². The molecule has 1 heterocycles. The monoisotopic (exact) mass is 200 g/mol. The molecule has 0 unspecified atom stereocenters. The van der Waals surface area contributed by atoms with Gasteiger partial charge in [-0.2, -0.15) is 0 Å². The molecule has 1 aliphatic heterocycles. The predicted octanol–water partition coefficient (Wildman–Crippen LogP) is 3.19. The van der Waals surface area contributed by atoms with Crippen LogP contribution in [0.25, 0.3) is 0 Å². The third-order valence-electron chi connectivity index (χ3n) is 2.13. The molecule has 0 atom stereocenters. The van der Waals surface area contributed by atoms with Gasteiger partial charge < -0.3 is 4.74 Å². The van der Waals surface area contributed by atoms with Crippen LogP contribution in [-0.2, 0) is 6.42 Å². The molecule has 1 aliphatic rings. The van der Waals surface area contributed by atoms with Crippen molar-refractivity contribution in [2.24, 2.45) is 0 Å². The van der Waals surface area contributed by atoms with Gasteiger partial charge >= 0.3 is 0 Å². The number of halogens is 2. The zero-order chi connectivity index (χ0) is 9.64. The molecule has 0 spiro atoms. The van der Waals surface area contributed by atoms with Gasteiger partial charge in [0.2, 0.25) is 0 Å². The Balaban J connectivity index is 2.53. The van der Waals surface area contributed by atoms with E-state index in [9.17, 15) is 4.39 Å². The van der Waals surface area contributed by atoms with E-state index < -0.39 is 5.82 Å². The highest BCUT2D eigenvalue weighted by Gasteiger charge is 2.32. The molecule has 13 heavy (non-hydrogen) atoms. The Morgan fingerprint density at radius 3 is 2.85 bits per heavy atom. The molecule has 1 aromatic rings. The van der Waals surface area contributed by atoms with Crippen molar-refractivity contribution in [1.82, 2.24) is 0 Å². The first-order chi connectivity index (χ1) is 5.99. The Labute approximate surface area is 81.5 Å². The van der Waals surface area contributed by atoms with Gasteiger partial charge in [-0.3, -0.25) is 0 Å². The summed E-state index contributed by atoms with van der Waals surface area (Å²) in [7, 11) is 0. The van der Waals surface area contributed by atoms with Crippen molar-refractivity contribution in [1.29, 1.82) is 0 Å². The van der Waals surface area contributed by atoms with Crippen molar-refractivity contribution in [3.63, 3.8) is 0 Å². The molecule has 0 saturated heterocycles. The first kappa shape index (κ1) is 8.82. The molecule has 1 aromatic carbocycles. The second-order valence-electron chi connectivity index (χ2n) is 3.89. The second-order valence-corrected chi connectivity index (χ2v) is 4.30. The number of hydrogen-bond donors (Lipinski definition) is 0. The van der Waals surface area contributed by atoms with Gasteiger partial charge in [0.1, 0.15) is 5.60 Å². The van der Waals surface area contributed by atoms with Crippen LogP contribution >= 0.6 is 11.6 Å². The fourth-order valence-electron chi connectivity index (χ4n) is 1.59. The van der Waals surface area contributed by atoms with Crippen molar-refractivity contribution in [3.8, 4) is 5.75 Å². The Kier molecular flexibility index (Phi) is 1.77. The second kappa shape index (κ2) is 2.61. The number of hydrogen-bond acceptors (Lipinski definition) is 1. The van der Waals surface area contributed by atoms with Gasteiger partial charge in [-0.15, -0.1) is 0 Å². The minimum absolute atomic E-state index is 0.122. The molecule has 0 fully saturated rings. The molecule has 2 rings (SSSR count). The summed E-state index contributed by atoms with van der Waals surface area (Å²) >= 11 is 5.63. The summed E-state index contributed by atoms with van der Waals surface area (Å²) < 4.78 is 18.8. The minimum atomic E-state index is -0.440. The minimum Gasteiger partial charge on any atom is -0.484 e. The zero-order valence-electron chi connectivity index (χ0n) is 7.53. The smallest absolute Gasteiger partial charge is 0.183 e. The quantitative estimate of drug-likeness (QED) is 0.625. The lowest BCUT2D eigenvalue weighted by Crippen LogP contribution is -2.24. The van der Waals surface area contributed by atoms with Crippen LogP contribution in [0.3, 0.4) is 0 Å². The summed E-state index contributed by atoms with van der Waals surface area (Å²) in [6.07, 6.45) is 0.733. The molecule has 0 amide bonds. The van der Waals surface area contributed by atoms with Crippen LogP contribution in [-0.4, -0.2) is 5.60 Å². The maximum Gasteiger partial charge on any atom is 0.183 e. The average Bonchev–Trinajstić information content (AvgIpc) is 2.34. The van der Waals surface area contributed by atoms with Gasteiger partial charge in [0.05, 0.1) is 5.02 Å². The van der Waals surface area contributed by atoms with E-state index in [1.807, 2.05) is 19.9 Å². The van der Waals surface area contributed by atoms with Gasteiger partial charge in [0.25, 0.3) is 0 Å². The summed E-state index contributed by atoms with van der Waals surface area (Å²) in [6, 6.07) is 3.38. The molecular weight excluding hydrogens is 191 g/mol. The van der Waals surface area contributed by atoms with E-state index in [2.05, 4.69) is 0 Å². The lowest BCUT2D eigenvalue weighted by molar-refractivity contribution is 0.133. The maximum atomic E-state index is 13.4. The average molecular weight is 201 g/mol. The van der Waals surface area contributed by atoms with E-state index in [-0.39, 0.29) is 10.6 Å². The first-order valence-corrected chi connectivity index (χ1v) is 4.53. The van der Waals surface area contributed by atoms with Gasteiger partial charge in [-0.05, 0) is 19.9 Å². The third-order valence-corrected chi connectivity index (χ3v) is 2.42. The normalized spacial score (nSPS) is 18.2. The molecule has 0 radical (unpaired) electrons. The van der Waals surface area contributed by atoms with E-state index >= 15 is 0 Å². The molecule has 0 bridgehead atoms. The van der Waals surface area contributed by atoms with Crippen LogP contribution in [0.2, 0.25) is 5.02 Å². The molecule has 0 N–H and O–H groups in total. The highest BCUT2D eigenvalue weighted by Crippen LogP contribution is 2.39. The largest absolute Gasteiger partial charge is 0.484 e. The van der Waals surface area contributed by atoms with E-state index in [1.54, 1.807) is 6.07 Å². The standard InChI is InChI=1S/C10H10ClFO/c1-10(2)5-6-3-4-7(11)8(12)9(6)13-10/h3-4H,5H2,1-2H3. The van der Waals surface area contributed by atoms with Crippen LogP contribution in [0.1, 0.15) is 19.4 Å². The zero-order valence-corrected chi connectivity index (χ0v) is 8.28. The first-order valence-electron chi connectivity index (χ1n) is 4.15. The van der Waals surface area contributed by atoms with Crippen LogP contribution in [0.5, 0.6) is 5.75 Å². The number of fused-ring (bicyclic) bond motifs is 1. The lowest BCUT2D eigenvalue weighted by Gasteiger charge is -2.16. The molecule has 70 valence electrons. The van der Waals surface area contributed by atoms with Crippen LogP contribution in [0.15, 0.2) is 12.1 Å². The van der Waals surface area contributed by atoms with Crippen molar-refractivity contribution < 1.29 is 9.13 Å². The molecule has 3 heteroatoms. The van der Waals surface area contributed by atoms with Crippen molar-refractivity contribution in [3.05, 3.63) is 28.5 Å². The van der Waals surface area contributed by atoms with Crippen LogP contribution < -0.4 is 4.74 Å². The summed E-state index contributed by atoms with van der Waals surface area (Å²) in [5, 5.41) is 0.122. The highest BCUT2D eigenvalue weighted by atomic mass is 35.5. The van der Waals surface area contributed by atoms with Crippen LogP contribution in [0.4, 0.5) is 4.39 Å². The van der Waals surface area contributed by atoms with Gasteiger partial charge in [-0.25, -0.2) is 4.39 Å². The van der Waals surface area contributed by atoms with E-state index in [1.165, 1.54) is 0 Å². The SMILES string of the molecule is CC1(C)Cc2ccc(Cl)c(F)c2O1. The fraction of sp³-hybridized carbons (Fsp3) is 0.400. The van der Waals surface area contributed by atoms with Crippen molar-refractivity contribution in [2.45, 2.75) is 25.9 Å². The summed E-state index contributed by atoms with van der Waals surface area (Å²) in [6.45, 7) is 3.86. The van der Waals surface area contributed by atoms with Crippen molar-refractivity contribution in [2.75, 3.05) is 0 Å². The molecule has 1 nitrogen and oxygen atoms in total. The maximum absolute atomic E-state index is 13.4. The number of benzene rings is 1. The van der Waals surface area contributed by atoms with E-state index in [0.29, 0.717) is 5.75 Å².